The van der Waals surface area contributed by atoms with Crippen LogP contribution in [0.15, 0.2) is 28.7 Å². The number of hydrogen-bond donors (Lipinski definition) is 2. The number of benzene rings is 1. The fourth-order valence-corrected chi connectivity index (χ4v) is 3.81. The van der Waals surface area contributed by atoms with Gasteiger partial charge in [0, 0.05) is 10.4 Å². The molecule has 0 bridgehead atoms. The largest absolute Gasteiger partial charge is 0.479 e. The number of hydrogen-bond acceptors (Lipinski definition) is 2. The standard InChI is InChI=1S/C17H21BrClNO3/c1-10(2)6-11-7-14(11)17(16(22)23,20-15(21)9-19)12-4-3-5-13(18)8-12/h3-5,8,10-11,14H,6-7,9H2,1-2H3,(H,20,21)(H,22,23). The van der Waals surface area contributed by atoms with E-state index in [9.17, 15) is 14.7 Å². The minimum Gasteiger partial charge on any atom is -0.479 e. The lowest BCUT2D eigenvalue weighted by molar-refractivity contribution is -0.149. The molecular weight excluding hydrogens is 382 g/mol. The SMILES string of the molecule is CC(C)CC1CC1C(NC(=O)CCl)(C(=O)O)c1cccc(Br)c1. The molecule has 1 aromatic carbocycles. The van der Waals surface area contributed by atoms with Crippen LogP contribution in [-0.2, 0) is 15.1 Å². The number of nitrogens with one attached hydrogen (secondary N) is 1. The molecular formula is C17H21BrClNO3. The molecule has 2 N–H and O–H groups in total. The van der Waals surface area contributed by atoms with Gasteiger partial charge in [0.05, 0.1) is 0 Å². The van der Waals surface area contributed by atoms with Crippen LogP contribution in [0.5, 0.6) is 0 Å². The van der Waals surface area contributed by atoms with Crippen LogP contribution in [0, 0.1) is 17.8 Å². The second-order valence-electron chi connectivity index (χ2n) is 6.54. The minimum absolute atomic E-state index is 0.121. The van der Waals surface area contributed by atoms with Gasteiger partial charge < -0.3 is 10.4 Å². The number of carbonyl (C=O) groups excluding carboxylic acids is 1. The Balaban J connectivity index is 2.44. The van der Waals surface area contributed by atoms with E-state index in [0.717, 1.165) is 17.3 Å². The van der Waals surface area contributed by atoms with Crippen molar-refractivity contribution >= 4 is 39.4 Å². The average Bonchev–Trinajstić information content (AvgIpc) is 3.22. The highest BCUT2D eigenvalue weighted by Crippen LogP contribution is 2.54. The summed E-state index contributed by atoms with van der Waals surface area (Å²) in [6, 6.07) is 7.12. The summed E-state index contributed by atoms with van der Waals surface area (Å²) in [5, 5.41) is 12.7. The number of alkyl halides is 1. The lowest BCUT2D eigenvalue weighted by Gasteiger charge is -2.32. The molecule has 6 heteroatoms. The van der Waals surface area contributed by atoms with E-state index in [2.05, 4.69) is 35.1 Å². The Hall–Kier alpha value is -1.07. The van der Waals surface area contributed by atoms with E-state index in [4.69, 9.17) is 11.6 Å². The van der Waals surface area contributed by atoms with Crippen molar-refractivity contribution in [3.8, 4) is 0 Å². The van der Waals surface area contributed by atoms with Gasteiger partial charge in [-0.15, -0.1) is 11.6 Å². The number of halogens is 2. The molecule has 0 heterocycles. The first kappa shape index (κ1) is 18.3. The lowest BCUT2D eigenvalue weighted by atomic mass is 9.83. The van der Waals surface area contributed by atoms with Gasteiger partial charge in [-0.25, -0.2) is 4.79 Å². The Kier molecular flexibility index (Phi) is 5.74. The summed E-state index contributed by atoms with van der Waals surface area (Å²) < 4.78 is 0.779. The zero-order valence-corrected chi connectivity index (χ0v) is 15.5. The van der Waals surface area contributed by atoms with Crippen molar-refractivity contribution in [3.63, 3.8) is 0 Å². The average molecular weight is 403 g/mol. The molecule has 0 aliphatic heterocycles. The number of rotatable bonds is 7. The molecule has 1 fully saturated rings. The molecule has 1 aromatic rings. The van der Waals surface area contributed by atoms with Gasteiger partial charge in [0.2, 0.25) is 5.91 Å². The summed E-state index contributed by atoms with van der Waals surface area (Å²) in [6.45, 7) is 4.24. The number of carboxylic acids is 1. The van der Waals surface area contributed by atoms with Crippen molar-refractivity contribution < 1.29 is 14.7 Å². The highest BCUT2D eigenvalue weighted by atomic mass is 79.9. The normalized spacial score (nSPS) is 22.5. The molecule has 0 spiro atoms. The first-order chi connectivity index (χ1) is 10.8. The van der Waals surface area contributed by atoms with Crippen molar-refractivity contribution in [1.29, 1.82) is 0 Å². The Morgan fingerprint density at radius 3 is 2.70 bits per heavy atom. The van der Waals surface area contributed by atoms with Crippen molar-refractivity contribution in [2.45, 2.75) is 32.2 Å². The molecule has 1 amide bonds. The van der Waals surface area contributed by atoms with Gasteiger partial charge in [0.15, 0.2) is 5.54 Å². The summed E-state index contributed by atoms with van der Waals surface area (Å²) in [5.74, 6) is -1.10. The molecule has 1 aliphatic carbocycles. The Morgan fingerprint density at radius 1 is 1.48 bits per heavy atom. The molecule has 23 heavy (non-hydrogen) atoms. The Morgan fingerprint density at radius 2 is 2.17 bits per heavy atom. The molecule has 0 radical (unpaired) electrons. The number of amides is 1. The Bertz CT molecular complexity index is 607. The summed E-state index contributed by atoms with van der Waals surface area (Å²) in [7, 11) is 0. The van der Waals surface area contributed by atoms with Gasteiger partial charge in [-0.05, 0) is 42.4 Å². The van der Waals surface area contributed by atoms with E-state index >= 15 is 0 Å². The van der Waals surface area contributed by atoms with E-state index in [1.165, 1.54) is 0 Å². The number of carboxylic acid groups (broad SMARTS) is 1. The predicted octanol–water partition coefficient (Wildman–Crippen LogP) is 3.77. The van der Waals surface area contributed by atoms with Crippen LogP contribution >= 0.6 is 27.5 Å². The second-order valence-corrected chi connectivity index (χ2v) is 7.72. The third-order valence-electron chi connectivity index (χ3n) is 4.33. The first-order valence-corrected chi connectivity index (χ1v) is 9.00. The molecule has 3 atom stereocenters. The maximum absolute atomic E-state index is 12.2. The van der Waals surface area contributed by atoms with E-state index in [1.54, 1.807) is 18.2 Å². The van der Waals surface area contributed by atoms with Crippen LogP contribution in [-0.4, -0.2) is 22.9 Å². The summed E-state index contributed by atoms with van der Waals surface area (Å²) in [5.41, 5.74) is -0.843. The Labute approximate surface area is 149 Å². The summed E-state index contributed by atoms with van der Waals surface area (Å²) in [4.78, 5) is 24.2. The van der Waals surface area contributed by atoms with Crippen LogP contribution in [0.4, 0.5) is 0 Å². The van der Waals surface area contributed by atoms with Gasteiger partial charge in [0.25, 0.3) is 0 Å². The molecule has 0 aromatic heterocycles. The van der Waals surface area contributed by atoms with Crippen LogP contribution in [0.1, 0.15) is 32.3 Å². The van der Waals surface area contributed by atoms with Gasteiger partial charge in [-0.1, -0.05) is 41.9 Å². The van der Waals surface area contributed by atoms with E-state index in [-0.39, 0.29) is 11.8 Å². The predicted molar refractivity (Wildman–Crippen MR) is 93.4 cm³/mol. The first-order valence-electron chi connectivity index (χ1n) is 7.67. The van der Waals surface area contributed by atoms with Crippen molar-refractivity contribution in [1.82, 2.24) is 5.32 Å². The van der Waals surface area contributed by atoms with Gasteiger partial charge in [0.1, 0.15) is 5.88 Å². The lowest BCUT2D eigenvalue weighted by Crippen LogP contribution is -2.54. The molecule has 1 saturated carbocycles. The van der Waals surface area contributed by atoms with Crippen molar-refractivity contribution in [2.75, 3.05) is 5.88 Å². The van der Waals surface area contributed by atoms with Crippen molar-refractivity contribution in [3.05, 3.63) is 34.3 Å². The second kappa shape index (κ2) is 7.22. The molecule has 4 nitrogen and oxygen atoms in total. The zero-order chi connectivity index (χ0) is 17.2. The third kappa shape index (κ3) is 3.89. The molecule has 1 aliphatic rings. The summed E-state index contributed by atoms with van der Waals surface area (Å²) in [6.07, 6.45) is 1.74. The van der Waals surface area contributed by atoms with E-state index < -0.39 is 17.4 Å². The highest BCUT2D eigenvalue weighted by molar-refractivity contribution is 9.10. The van der Waals surface area contributed by atoms with Gasteiger partial charge in [-0.3, -0.25) is 4.79 Å². The maximum Gasteiger partial charge on any atom is 0.334 e. The van der Waals surface area contributed by atoms with Crippen LogP contribution < -0.4 is 5.32 Å². The molecule has 126 valence electrons. The van der Waals surface area contributed by atoms with Crippen molar-refractivity contribution in [2.24, 2.45) is 17.8 Å². The fourth-order valence-electron chi connectivity index (χ4n) is 3.35. The van der Waals surface area contributed by atoms with Crippen LogP contribution in [0.25, 0.3) is 0 Å². The third-order valence-corrected chi connectivity index (χ3v) is 5.06. The van der Waals surface area contributed by atoms with Crippen LogP contribution in [0.3, 0.4) is 0 Å². The monoisotopic (exact) mass is 401 g/mol. The molecule has 2 rings (SSSR count). The van der Waals surface area contributed by atoms with E-state index in [1.807, 2.05) is 6.07 Å². The van der Waals surface area contributed by atoms with Gasteiger partial charge in [-0.2, -0.15) is 0 Å². The quantitative estimate of drug-likeness (QED) is 0.682. The topological polar surface area (TPSA) is 66.4 Å². The molecule has 0 saturated heterocycles. The fraction of sp³-hybridized carbons (Fsp3) is 0.529. The number of carbonyl (C=O) groups is 2. The number of aliphatic carboxylic acids is 1. The zero-order valence-electron chi connectivity index (χ0n) is 13.2. The van der Waals surface area contributed by atoms with E-state index in [0.29, 0.717) is 17.4 Å². The minimum atomic E-state index is -1.42. The van der Waals surface area contributed by atoms with Gasteiger partial charge >= 0.3 is 5.97 Å². The summed E-state index contributed by atoms with van der Waals surface area (Å²) >= 11 is 8.99. The molecule has 3 unspecified atom stereocenters. The highest BCUT2D eigenvalue weighted by Gasteiger charge is 2.59. The van der Waals surface area contributed by atoms with Crippen LogP contribution in [0.2, 0.25) is 0 Å². The smallest absolute Gasteiger partial charge is 0.334 e. The maximum atomic E-state index is 12.2.